The average Bonchev–Trinajstić information content (AvgIpc) is 2.97. The van der Waals surface area contributed by atoms with E-state index in [9.17, 15) is 0 Å². The predicted molar refractivity (Wildman–Crippen MR) is 105 cm³/mol. The topological polar surface area (TPSA) is 0 Å². The first kappa shape index (κ1) is 23.9. The van der Waals surface area contributed by atoms with Gasteiger partial charge in [-0.25, -0.2) is 0 Å². The van der Waals surface area contributed by atoms with Crippen molar-refractivity contribution in [2.45, 2.75) is 123 Å². The van der Waals surface area contributed by atoms with E-state index in [0.29, 0.717) is 10.3 Å². The van der Waals surface area contributed by atoms with Crippen molar-refractivity contribution < 1.29 is 17.1 Å². The Balaban J connectivity index is 0.000000684. The molecule has 0 aromatic rings. The summed E-state index contributed by atoms with van der Waals surface area (Å²) in [7, 11) is 0.0584. The fraction of sp³-hybridized carbons (Fsp3) is 1.00. The van der Waals surface area contributed by atoms with Gasteiger partial charge in [0.05, 0.1) is 0 Å². The third-order valence-electron chi connectivity index (χ3n) is 5.65. The van der Waals surface area contributed by atoms with Gasteiger partial charge in [-0.05, 0) is 34.2 Å². The van der Waals surface area contributed by atoms with E-state index >= 15 is 0 Å². The van der Waals surface area contributed by atoms with Gasteiger partial charge in [-0.1, -0.05) is 108 Å². The minimum absolute atomic E-state index is 0. The molecule has 0 amide bonds. The van der Waals surface area contributed by atoms with Crippen LogP contribution in [0.1, 0.15) is 107 Å². The summed E-state index contributed by atoms with van der Waals surface area (Å²) in [6.45, 7) is 19.8. The summed E-state index contributed by atoms with van der Waals surface area (Å²) < 4.78 is 0. The second-order valence-electron chi connectivity index (χ2n) is 9.79. The van der Waals surface area contributed by atoms with Gasteiger partial charge in [0.15, 0.2) is 0 Å². The first-order valence-corrected chi connectivity index (χ1v) is 11.3. The summed E-state index contributed by atoms with van der Waals surface area (Å²) in [5.41, 5.74) is 0.919. The van der Waals surface area contributed by atoms with Gasteiger partial charge in [-0.15, -0.1) is 0 Å². The number of rotatable bonds is 2. The van der Waals surface area contributed by atoms with Crippen molar-refractivity contribution in [3.63, 3.8) is 0 Å². The van der Waals surface area contributed by atoms with Crippen LogP contribution in [0, 0.1) is 11.8 Å². The molecule has 2 aliphatic carbocycles. The van der Waals surface area contributed by atoms with Crippen LogP contribution < -0.4 is 0 Å². The quantitative estimate of drug-likeness (QED) is 0.337. The molecule has 0 nitrogen and oxygen atoms in total. The zero-order valence-electron chi connectivity index (χ0n) is 17.2. The predicted octanol–water partition coefficient (Wildman–Crippen LogP) is 7.84. The molecule has 23 heavy (non-hydrogen) atoms. The maximum Gasteiger partial charge on any atom is 0 e. The Bertz CT molecular complexity index is 287. The molecule has 2 heteroatoms. The zero-order chi connectivity index (χ0) is 17.0. The molecule has 0 bridgehead atoms. The molecule has 0 aliphatic heterocycles. The van der Waals surface area contributed by atoms with Gasteiger partial charge in [0, 0.05) is 17.1 Å². The second-order valence-corrected chi connectivity index (χ2v) is 14.0. The molecule has 2 aliphatic rings. The largest absolute Gasteiger partial charge is 0.0924 e. The molecule has 2 saturated carbocycles. The molecule has 0 saturated heterocycles. The SMILES string of the molecule is C1CCCC1.CC1CCCC1[C@@H](C)P(C(C)(C)C)C(C)(C)C.[Fe]. The van der Waals surface area contributed by atoms with Crippen LogP contribution in [0.25, 0.3) is 0 Å². The Kier molecular flexibility index (Phi) is 10.6. The van der Waals surface area contributed by atoms with Crippen molar-refractivity contribution in [3.05, 3.63) is 0 Å². The zero-order valence-corrected chi connectivity index (χ0v) is 19.2. The maximum atomic E-state index is 2.55. The fourth-order valence-electron chi connectivity index (χ4n) is 5.19. The molecule has 0 N–H and O–H groups in total. The Hall–Kier alpha value is 0.949. The summed E-state index contributed by atoms with van der Waals surface area (Å²) in [5.74, 6) is 1.94. The smallest absolute Gasteiger partial charge is 0 e. The van der Waals surface area contributed by atoms with Crippen LogP contribution in [-0.2, 0) is 17.1 Å². The van der Waals surface area contributed by atoms with Crippen LogP contribution in [-0.4, -0.2) is 16.0 Å². The summed E-state index contributed by atoms with van der Waals surface area (Å²) in [4.78, 5) is 0. The van der Waals surface area contributed by atoms with Gasteiger partial charge in [-0.2, -0.15) is 0 Å². The van der Waals surface area contributed by atoms with Crippen LogP contribution in [0.3, 0.4) is 0 Å². The molecule has 2 unspecified atom stereocenters. The van der Waals surface area contributed by atoms with Gasteiger partial charge in [0.2, 0.25) is 0 Å². The van der Waals surface area contributed by atoms with Crippen molar-refractivity contribution in [3.8, 4) is 0 Å². The minimum Gasteiger partial charge on any atom is -0.0924 e. The Morgan fingerprint density at radius 1 is 0.739 bits per heavy atom. The van der Waals surface area contributed by atoms with Crippen molar-refractivity contribution in [1.29, 1.82) is 0 Å². The Morgan fingerprint density at radius 2 is 1.13 bits per heavy atom. The van der Waals surface area contributed by atoms with Crippen molar-refractivity contribution in [2.75, 3.05) is 0 Å². The monoisotopic (exact) mass is 382 g/mol. The van der Waals surface area contributed by atoms with Crippen LogP contribution in [0.2, 0.25) is 0 Å². The van der Waals surface area contributed by atoms with Gasteiger partial charge in [0.25, 0.3) is 0 Å². The van der Waals surface area contributed by atoms with Gasteiger partial charge < -0.3 is 0 Å². The minimum atomic E-state index is 0. The van der Waals surface area contributed by atoms with E-state index in [1.165, 1.54) is 51.4 Å². The van der Waals surface area contributed by atoms with E-state index in [0.717, 1.165) is 17.5 Å². The first-order chi connectivity index (χ1) is 10.0. The normalized spacial score (nSPS) is 26.5. The standard InChI is InChI=1S/C16H33P.C5H10.Fe/c1-12-10-9-11-14(12)13(2)17(15(3,4)5)16(6,7)8;1-2-4-5-3-1;/h12-14H,9-11H2,1-8H3;1-5H2;/t12?,13-,14?;;/m1../s1. The van der Waals surface area contributed by atoms with Crippen LogP contribution in [0.4, 0.5) is 0 Å². The third kappa shape index (κ3) is 7.79. The molecule has 0 heterocycles. The Morgan fingerprint density at radius 3 is 1.39 bits per heavy atom. The molecule has 3 atom stereocenters. The van der Waals surface area contributed by atoms with Gasteiger partial charge in [-0.3, -0.25) is 0 Å². The molecule has 140 valence electrons. The van der Waals surface area contributed by atoms with Crippen LogP contribution in [0.5, 0.6) is 0 Å². The molecule has 0 spiro atoms. The van der Waals surface area contributed by atoms with E-state index < -0.39 is 0 Å². The van der Waals surface area contributed by atoms with Crippen molar-refractivity contribution >= 4 is 7.92 Å². The van der Waals surface area contributed by atoms with Gasteiger partial charge in [0.1, 0.15) is 0 Å². The molecule has 0 radical (unpaired) electrons. The number of hydrogen-bond acceptors (Lipinski definition) is 0. The van der Waals surface area contributed by atoms with Crippen LogP contribution >= 0.6 is 7.92 Å². The first-order valence-electron chi connectivity index (χ1n) is 9.84. The summed E-state index contributed by atoms with van der Waals surface area (Å²) in [6.07, 6.45) is 11.9. The van der Waals surface area contributed by atoms with E-state index in [-0.39, 0.29) is 25.0 Å². The average molecular weight is 382 g/mol. The van der Waals surface area contributed by atoms with Gasteiger partial charge >= 0.3 is 0 Å². The molecular formula is C21H43FeP. The summed E-state index contributed by atoms with van der Waals surface area (Å²) in [5, 5.41) is 0.963. The molecular weight excluding hydrogens is 339 g/mol. The fourth-order valence-corrected chi connectivity index (χ4v) is 10.5. The molecule has 2 rings (SSSR count). The van der Waals surface area contributed by atoms with E-state index in [1.807, 2.05) is 0 Å². The van der Waals surface area contributed by atoms with Crippen molar-refractivity contribution in [2.24, 2.45) is 11.8 Å². The second kappa shape index (κ2) is 10.2. The van der Waals surface area contributed by atoms with E-state index in [1.54, 1.807) is 0 Å². The third-order valence-corrected chi connectivity index (χ3v) is 9.74. The van der Waals surface area contributed by atoms with E-state index in [4.69, 9.17) is 0 Å². The maximum absolute atomic E-state index is 2.55. The molecule has 2 fully saturated rings. The van der Waals surface area contributed by atoms with Crippen LogP contribution in [0.15, 0.2) is 0 Å². The molecule has 0 aromatic carbocycles. The summed E-state index contributed by atoms with van der Waals surface area (Å²) >= 11 is 0. The number of hydrogen-bond donors (Lipinski definition) is 0. The molecule has 0 aromatic heterocycles. The van der Waals surface area contributed by atoms with E-state index in [2.05, 4.69) is 55.4 Å². The van der Waals surface area contributed by atoms with Crippen molar-refractivity contribution in [1.82, 2.24) is 0 Å². The summed E-state index contributed by atoms with van der Waals surface area (Å²) in [6, 6.07) is 0. The Labute approximate surface area is 159 Å².